The van der Waals surface area contributed by atoms with Crippen LogP contribution in [0, 0.1) is 0 Å². The Morgan fingerprint density at radius 1 is 1.38 bits per heavy atom. The Morgan fingerprint density at radius 2 is 2.14 bits per heavy atom. The molecule has 0 unspecified atom stereocenters. The highest BCUT2D eigenvalue weighted by Gasteiger charge is 2.54. The summed E-state index contributed by atoms with van der Waals surface area (Å²) in [7, 11) is 1.27. The second-order valence-electron chi connectivity index (χ2n) is 7.72. The second-order valence-corrected chi connectivity index (χ2v) is 10.7. The molecule has 2 atom stereocenters. The van der Waals surface area contributed by atoms with Crippen molar-refractivity contribution in [2.24, 2.45) is 5.16 Å². The highest BCUT2D eigenvalue weighted by atomic mass is 32.2. The Bertz CT molecular complexity index is 1310. The summed E-state index contributed by atoms with van der Waals surface area (Å²) in [5, 5.41) is 18.0. The van der Waals surface area contributed by atoms with Gasteiger partial charge in [0.15, 0.2) is 21.7 Å². The van der Waals surface area contributed by atoms with Gasteiger partial charge in [-0.1, -0.05) is 16.9 Å². The molecule has 1 saturated heterocycles. The molecule has 0 spiro atoms. The lowest BCUT2D eigenvalue weighted by molar-refractivity contribution is -0.667. The number of carboxylic acid groups (broad SMARTS) is 1. The maximum absolute atomic E-state index is 13.0. The van der Waals surface area contributed by atoms with Gasteiger partial charge in [-0.2, -0.15) is 0 Å². The normalized spacial score (nSPS) is 19.4. The van der Waals surface area contributed by atoms with Crippen molar-refractivity contribution >= 4 is 75.3 Å². The summed E-state index contributed by atoms with van der Waals surface area (Å²) in [6.45, 7) is 2.45. The van der Waals surface area contributed by atoms with E-state index in [1.807, 2.05) is 6.92 Å². The van der Waals surface area contributed by atoms with Gasteiger partial charge in [-0.15, -0.1) is 28.1 Å². The predicted molar refractivity (Wildman–Crippen MR) is 139 cm³/mol. The van der Waals surface area contributed by atoms with E-state index in [0.29, 0.717) is 28.7 Å². The molecule has 2 aromatic rings. The Kier molecular flexibility index (Phi) is 7.74. The third-order valence-electron chi connectivity index (χ3n) is 5.49. The Balaban J connectivity index is 1.49. The number of rotatable bonds is 9. The Morgan fingerprint density at radius 3 is 2.73 bits per heavy atom. The van der Waals surface area contributed by atoms with Gasteiger partial charge >= 0.3 is 11.9 Å². The number of thioether (sulfide) groups is 2. The fraction of sp³-hybridized carbons (Fsp3) is 0.350. The van der Waals surface area contributed by atoms with Gasteiger partial charge in [0.1, 0.15) is 29.9 Å². The predicted octanol–water partition coefficient (Wildman–Crippen LogP) is -0.526. The molecule has 0 saturated carbocycles. The van der Waals surface area contributed by atoms with Crippen molar-refractivity contribution in [3.05, 3.63) is 28.4 Å². The number of carbonyl (C=O) groups excluding carboxylic acids is 2. The number of carbonyl (C=O) groups is 3. The number of thiazole rings is 1. The third-order valence-corrected chi connectivity index (χ3v) is 8.50. The number of nitrogens with one attached hydrogen (secondary N) is 1. The number of hydrogen-bond acceptors (Lipinski definition) is 13. The van der Waals surface area contributed by atoms with Crippen molar-refractivity contribution in [3.63, 3.8) is 0 Å². The average Bonchev–Trinajstić information content (AvgIpc) is 3.29. The molecule has 2 aliphatic rings. The fourth-order valence-electron chi connectivity index (χ4n) is 3.82. The van der Waals surface area contributed by atoms with Crippen LogP contribution in [-0.4, -0.2) is 73.5 Å². The van der Waals surface area contributed by atoms with Crippen molar-refractivity contribution in [1.82, 2.24) is 20.2 Å². The number of aliphatic carboxylic acids is 1. The van der Waals surface area contributed by atoms with Crippen molar-refractivity contribution in [2.45, 2.75) is 29.9 Å². The van der Waals surface area contributed by atoms with E-state index in [9.17, 15) is 19.5 Å². The van der Waals surface area contributed by atoms with Crippen LogP contribution >= 0.6 is 34.9 Å². The summed E-state index contributed by atoms with van der Waals surface area (Å²) < 4.78 is 1.65. The van der Waals surface area contributed by atoms with Gasteiger partial charge in [0.05, 0.1) is 6.54 Å². The average molecular weight is 567 g/mol. The van der Waals surface area contributed by atoms with E-state index >= 15 is 0 Å². The minimum absolute atomic E-state index is 0.106. The summed E-state index contributed by atoms with van der Waals surface area (Å²) in [5.74, 6) is -1.18. The number of nitrogens with zero attached hydrogens (tertiary/aromatic N) is 5. The molecule has 0 aromatic carbocycles. The summed E-state index contributed by atoms with van der Waals surface area (Å²) in [6.07, 6.45) is 0. The first-order valence-corrected chi connectivity index (χ1v) is 13.7. The number of fused-ring (bicyclic) bond motifs is 1. The maximum atomic E-state index is 13.0. The molecule has 17 heteroatoms. The quantitative estimate of drug-likeness (QED) is 0.0647. The molecule has 2 aliphatic heterocycles. The van der Waals surface area contributed by atoms with E-state index in [1.54, 1.807) is 10.6 Å². The molecular weight excluding hydrogens is 542 g/mol. The molecule has 0 aliphatic carbocycles. The molecule has 37 heavy (non-hydrogen) atoms. The summed E-state index contributed by atoms with van der Waals surface area (Å²) in [4.78, 5) is 52.3. The zero-order valence-corrected chi connectivity index (χ0v) is 22.2. The molecule has 1 fully saturated rings. The van der Waals surface area contributed by atoms with Crippen LogP contribution in [0.25, 0.3) is 0 Å². The van der Waals surface area contributed by atoms with Gasteiger partial charge < -0.3 is 32.5 Å². The Labute approximate surface area is 223 Å². The lowest BCUT2D eigenvalue weighted by Crippen LogP contribution is -2.71. The number of carboxylic acids is 1. The fourth-order valence-corrected chi connectivity index (χ4v) is 6.76. The van der Waals surface area contributed by atoms with Crippen LogP contribution in [-0.2, 0) is 25.8 Å². The largest absolute Gasteiger partial charge is 0.477 e. The van der Waals surface area contributed by atoms with Crippen LogP contribution in [0.2, 0.25) is 0 Å². The van der Waals surface area contributed by atoms with Crippen molar-refractivity contribution in [3.8, 4) is 0 Å². The number of nitrogen functional groups attached to an aromatic ring is 3. The number of oxime groups is 1. The molecule has 0 radical (unpaired) electrons. The van der Waals surface area contributed by atoms with Crippen LogP contribution < -0.4 is 27.1 Å². The van der Waals surface area contributed by atoms with E-state index in [-0.39, 0.29) is 33.9 Å². The monoisotopic (exact) mass is 566 g/mol. The lowest BCUT2D eigenvalue weighted by Gasteiger charge is -2.49. The molecule has 196 valence electrons. The molecule has 4 rings (SSSR count). The zero-order chi connectivity index (χ0) is 26.9. The number of amides is 2. The van der Waals surface area contributed by atoms with Gasteiger partial charge in [-0.05, 0) is 12.5 Å². The van der Waals surface area contributed by atoms with E-state index in [4.69, 9.17) is 22.0 Å². The van der Waals surface area contributed by atoms with Crippen LogP contribution in [0.15, 0.2) is 32.9 Å². The molecule has 14 nitrogen and oxygen atoms in total. The van der Waals surface area contributed by atoms with Gasteiger partial charge in [-0.25, -0.2) is 14.3 Å². The third kappa shape index (κ3) is 5.14. The first-order chi connectivity index (χ1) is 17.7. The van der Waals surface area contributed by atoms with Crippen molar-refractivity contribution < 1.29 is 28.9 Å². The van der Waals surface area contributed by atoms with Crippen molar-refractivity contribution in [2.75, 3.05) is 35.8 Å². The summed E-state index contributed by atoms with van der Waals surface area (Å²) in [5.41, 5.74) is 18.1. The minimum Gasteiger partial charge on any atom is -0.477 e. The number of β-lactam (4-membered cyclic amide) rings is 1. The summed E-state index contributed by atoms with van der Waals surface area (Å²) >= 11 is 3.74. The highest BCUT2D eigenvalue weighted by Crippen LogP contribution is 2.41. The van der Waals surface area contributed by atoms with Crippen molar-refractivity contribution in [1.29, 1.82) is 0 Å². The molecule has 2 aromatic heterocycles. The molecule has 8 N–H and O–H groups in total. The number of hydrogen-bond donors (Lipinski definition) is 5. The number of anilines is 3. The van der Waals surface area contributed by atoms with Gasteiger partial charge in [-0.3, -0.25) is 14.5 Å². The standard InChI is InChI=1S/C20H23N9O5S3/c1-3-28-10(21)4-11(25-19(28)22)35-5-8-6-36-17-13(16(31)29(17)14(8)18(32)33)26-15(30)12(27-34-2)9-7-37-20(23)24-9/h4,7,13,17H,3,5-6H2,1-2H3,(H7,21,22,23,24,25,26,30,32,33)/p+1/b27-12-/t13-,17-/m1/s1. The first-order valence-electron chi connectivity index (χ1n) is 10.8. The zero-order valence-electron chi connectivity index (χ0n) is 19.7. The van der Waals surface area contributed by atoms with Crippen LogP contribution in [0.5, 0.6) is 0 Å². The molecule has 2 amide bonds. The smallest absolute Gasteiger partial charge is 0.352 e. The molecule has 4 heterocycles. The van der Waals surface area contributed by atoms with Crippen LogP contribution in [0.1, 0.15) is 12.6 Å². The van der Waals surface area contributed by atoms with E-state index in [1.165, 1.54) is 40.9 Å². The van der Waals surface area contributed by atoms with E-state index < -0.39 is 29.2 Å². The maximum Gasteiger partial charge on any atom is 0.352 e. The number of aromatic nitrogens is 3. The van der Waals surface area contributed by atoms with E-state index in [0.717, 1.165) is 11.3 Å². The highest BCUT2D eigenvalue weighted by molar-refractivity contribution is 8.01. The molecule has 0 bridgehead atoms. The minimum atomic E-state index is -1.23. The van der Waals surface area contributed by atoms with Gasteiger partial charge in [0.25, 0.3) is 11.8 Å². The SMILES string of the molecule is CC[n+]1c(N)cc(SCC2=C(C(=O)O)N3C(=O)[C@@H](NC(=O)/C(=N\OC)c4csc(N)n4)[C@H]3SC2)nc1N. The Hall–Kier alpha value is -3.57. The molecular formula is C20H24N9O5S3+. The van der Waals surface area contributed by atoms with E-state index in [2.05, 4.69) is 20.4 Å². The lowest BCUT2D eigenvalue weighted by atomic mass is 10.0. The van der Waals surface area contributed by atoms with Crippen LogP contribution in [0.3, 0.4) is 0 Å². The van der Waals surface area contributed by atoms with Gasteiger partial charge in [0, 0.05) is 23.0 Å². The number of nitrogens with two attached hydrogens (primary N) is 3. The van der Waals surface area contributed by atoms with Crippen LogP contribution in [0.4, 0.5) is 16.9 Å². The second kappa shape index (κ2) is 10.8. The summed E-state index contributed by atoms with van der Waals surface area (Å²) in [6, 6.07) is 0.721. The first kappa shape index (κ1) is 26.5. The topological polar surface area (TPSA) is 216 Å². The van der Waals surface area contributed by atoms with Gasteiger partial charge in [0.2, 0.25) is 0 Å².